The normalized spacial score (nSPS) is 19.8. The van der Waals surface area contributed by atoms with Crippen LogP contribution in [0, 0.1) is 81.1 Å². The highest BCUT2D eigenvalue weighted by Crippen LogP contribution is 2.53. The van der Waals surface area contributed by atoms with Crippen molar-refractivity contribution in [3.05, 3.63) is 409 Å². The predicted octanol–water partition coefficient (Wildman–Crippen LogP) is 28.1. The van der Waals surface area contributed by atoms with Crippen LogP contribution in [0.3, 0.4) is 0 Å². The fraction of sp³-hybridized carbons (Fsp3) is 0.368. The van der Waals surface area contributed by atoms with E-state index in [1.807, 2.05) is 49.4 Å². The summed E-state index contributed by atoms with van der Waals surface area (Å²) in [6.45, 7) is 58.2. The number of hydrogen-bond donors (Lipinski definition) is 0. The van der Waals surface area contributed by atoms with E-state index < -0.39 is 17.7 Å². The number of allylic oxidation sites excluding steroid dienone is 5. The molecule has 2 saturated carbocycles. The van der Waals surface area contributed by atoms with Crippen LogP contribution in [0.5, 0.6) is 0 Å². The molecule has 10 nitrogen and oxygen atoms in total. The zero-order valence-electron chi connectivity index (χ0n) is 88.7. The molecule has 2 aliphatic carbocycles. The Kier molecular flexibility index (Phi) is 24.6. The molecule has 2 fully saturated rings. The maximum Gasteiger partial charge on any atom is 0.272 e. The molecule has 694 valence electrons. The Bertz CT molecular complexity index is 7040. The Morgan fingerprint density at radius 3 is 1.09 bits per heavy atom. The zero-order valence-corrected chi connectivity index (χ0v) is 85.7. The first-order valence-corrected chi connectivity index (χ1v) is 49.7. The van der Waals surface area contributed by atoms with E-state index in [0.717, 1.165) is 28.3 Å². The molecule has 0 bridgehead atoms. The van der Waals surface area contributed by atoms with Gasteiger partial charge in [0.25, 0.3) is 29.1 Å². The minimum absolute atomic E-state index is 0.0120. The van der Waals surface area contributed by atoms with Crippen molar-refractivity contribution in [3.8, 4) is 28.4 Å². The predicted molar refractivity (Wildman–Crippen MR) is 561 cm³/mol. The quantitative estimate of drug-likeness (QED) is 0.116. The summed E-state index contributed by atoms with van der Waals surface area (Å²) in [6, 6.07) is 86.3. The second kappa shape index (κ2) is 36.7. The van der Waals surface area contributed by atoms with Crippen molar-refractivity contribution in [1.82, 2.24) is 22.8 Å². The number of nitrogens with zero attached hydrogens (tertiary/aromatic N) is 10. The van der Waals surface area contributed by atoms with Gasteiger partial charge in [-0.1, -0.05) is 245 Å². The summed E-state index contributed by atoms with van der Waals surface area (Å²) in [7, 11) is 0. The number of fused-ring (bicyclic) bond motifs is 5. The zero-order chi connectivity index (χ0) is 98.7. The Labute approximate surface area is 812 Å². The van der Waals surface area contributed by atoms with Gasteiger partial charge in [0.05, 0.1) is 69.4 Å². The van der Waals surface area contributed by atoms with Crippen LogP contribution in [-0.4, -0.2) is 22.8 Å². The van der Waals surface area contributed by atoms with Gasteiger partial charge in [0.15, 0.2) is 39.9 Å². The molecule has 21 rings (SSSR count). The Hall–Kier alpha value is -12.3. The smallest absolute Gasteiger partial charge is 0.202 e. The van der Waals surface area contributed by atoms with E-state index >= 15 is 0 Å². The van der Waals surface area contributed by atoms with Crippen molar-refractivity contribution in [2.45, 2.75) is 287 Å². The standard InChI is InChI=1S/C30H31N2.C29H35N2.C24H27N2.C23H31N2.C19H25N2/c1-22-14-12-13-19-26(22)32-23(2)27-30(24-15-8-6-9-16-24,25-17-10-7-11-18-25)20-21-31(27)28(32)29(3,4)5;1-21-13-9-12-18-25(21)31-22(2)26-29(24-16-10-11-17-24,23-14-7-6-8-15-23)19-20-30(26)27(31)28(3,4)5;1-17-11-9-10-14-21(17)26-18(2)22-20(19-12-7-6-8-13-19)15-16-25(22)23(26)24(3,4)5;1-16-10-6-9-13-20(16)25-17(2)21-19(18-11-7-8-12-18)14-15-24(21)22(25)23(3,4)5;1-13-9-7-8-10-16(13)21-15(3)17-14(2)11-12-20(17)18(21)19(4,5)6/h6-21H,1-5H3;6-9,12-15,18-20,24H,10-11,16-17H2,1-5H3;6-16,20H,1-5H3;6,9-10,13-15,18-19H,7-8,11-12H2,1-5H3;7-12,14H,1-6H3/q5*+1/i;;20D;19D;14D. The van der Waals surface area contributed by atoms with Gasteiger partial charge in [-0.05, 0) is 287 Å². The lowest BCUT2D eigenvalue weighted by molar-refractivity contribution is -0.615. The van der Waals surface area contributed by atoms with Gasteiger partial charge in [0, 0.05) is 50.5 Å². The van der Waals surface area contributed by atoms with Gasteiger partial charge in [-0.2, -0.15) is 22.8 Å². The van der Waals surface area contributed by atoms with Crippen molar-refractivity contribution in [2.24, 2.45) is 11.8 Å². The molecule has 7 aliphatic rings. The van der Waals surface area contributed by atoms with E-state index in [2.05, 4.69) is 480 Å². The molecular formula is C125H149N10+5. The van der Waals surface area contributed by atoms with Gasteiger partial charge in [-0.15, -0.1) is 0 Å². The highest BCUT2D eigenvalue weighted by molar-refractivity contribution is 5.61. The summed E-state index contributed by atoms with van der Waals surface area (Å²) in [5, 5.41) is 0. The van der Waals surface area contributed by atoms with Gasteiger partial charge < -0.3 is 0 Å². The van der Waals surface area contributed by atoms with Crippen LogP contribution in [0.15, 0.2) is 273 Å². The Morgan fingerprint density at radius 1 is 0.326 bits per heavy atom. The Morgan fingerprint density at radius 2 is 0.659 bits per heavy atom. The lowest BCUT2D eigenvalue weighted by atomic mass is 9.67. The van der Waals surface area contributed by atoms with Crippen LogP contribution in [0.2, 0.25) is 0 Å². The highest BCUT2D eigenvalue weighted by atomic mass is 15.2. The number of aromatic nitrogens is 10. The summed E-state index contributed by atoms with van der Waals surface area (Å²) in [4.78, 5) is 0. The highest BCUT2D eigenvalue weighted by Gasteiger charge is 2.56. The van der Waals surface area contributed by atoms with E-state index in [4.69, 9.17) is 1.37 Å². The number of hydrogen-bond acceptors (Lipinski definition) is 0. The minimum Gasteiger partial charge on any atom is -0.202 e. The third-order valence-corrected chi connectivity index (χ3v) is 29.4. The van der Waals surface area contributed by atoms with Crippen LogP contribution < -0.4 is 22.8 Å². The average molecular weight is 1790 g/mol. The molecule has 10 heterocycles. The number of aryl methyl sites for hydroxylation is 5. The van der Waals surface area contributed by atoms with E-state index in [1.54, 1.807) is 0 Å². The number of para-hydroxylation sites is 5. The van der Waals surface area contributed by atoms with E-state index in [-0.39, 0.29) is 37.9 Å². The lowest BCUT2D eigenvalue weighted by Crippen LogP contribution is -2.43. The molecule has 5 aliphatic heterocycles. The van der Waals surface area contributed by atoms with Crippen LogP contribution in [0.4, 0.5) is 0 Å². The second-order valence-electron chi connectivity index (χ2n) is 44.2. The average Bonchev–Trinajstić information content (AvgIpc) is 1.56. The summed E-state index contributed by atoms with van der Waals surface area (Å²) in [5.74, 6) is 5.30. The maximum absolute atomic E-state index is 9.41. The van der Waals surface area contributed by atoms with Crippen LogP contribution in [0.25, 0.3) is 59.4 Å². The van der Waals surface area contributed by atoms with Gasteiger partial charge in [0.1, 0.15) is 50.9 Å². The minimum atomic E-state index is -0.876. The van der Waals surface area contributed by atoms with E-state index in [9.17, 15) is 2.74 Å². The van der Waals surface area contributed by atoms with Crippen molar-refractivity contribution >= 4 is 31.0 Å². The third kappa shape index (κ3) is 16.9. The van der Waals surface area contributed by atoms with Crippen LogP contribution >= 0.6 is 0 Å². The fourth-order valence-electron chi connectivity index (χ4n) is 23.7. The summed E-state index contributed by atoms with van der Waals surface area (Å²) < 4.78 is 51.3. The second-order valence-corrected chi connectivity index (χ2v) is 44.2. The first-order valence-electron chi connectivity index (χ1n) is 51.2. The van der Waals surface area contributed by atoms with Gasteiger partial charge in [-0.25, -0.2) is 22.8 Å². The molecule has 135 heavy (non-hydrogen) atoms. The SMILES string of the molecule is Cc1ccccc1-n1c(C)c2[n+](c1C(C)(C)C)C=CC2(c1ccccc1)C1CCCC1.Cc1ccccc1-n1c(C)c2[n+](c1C(C)(C)C)C=CC2(c1ccccc1)c1ccccc1.[2H]C1(C)C=Cn2c1c(C)[n+](-c1ccccc1C)c2C(C)(C)C.[2H]C1(C2CCCC2)C=Cn2c1c(C)[n+](-c1ccccc1C)c2C(C)(C)C.[2H]C1(c2ccccc2)C=Cn2c1c(C)[n+](-c1ccccc1C)c2C(C)(C)C. The van der Waals surface area contributed by atoms with E-state index in [1.165, 1.54) is 188 Å². The molecule has 0 spiro atoms. The van der Waals surface area contributed by atoms with Gasteiger partial charge in [-0.3, -0.25) is 0 Å². The molecule has 0 saturated heterocycles. The largest absolute Gasteiger partial charge is 0.272 e. The van der Waals surface area contributed by atoms with Crippen molar-refractivity contribution in [3.63, 3.8) is 0 Å². The van der Waals surface area contributed by atoms with Crippen molar-refractivity contribution in [2.75, 3.05) is 0 Å². The van der Waals surface area contributed by atoms with E-state index in [0.29, 0.717) is 11.8 Å². The van der Waals surface area contributed by atoms with Crippen molar-refractivity contribution < 1.29 is 26.9 Å². The molecule has 10 heteroatoms. The summed E-state index contributed by atoms with van der Waals surface area (Å²) in [5.41, 5.74) is 29.3. The first-order chi connectivity index (χ1) is 65.3. The van der Waals surface area contributed by atoms with Crippen LogP contribution in [0.1, 0.15) is 320 Å². The molecule has 4 atom stereocenters. The first kappa shape index (κ1) is 90.5. The molecule has 14 aromatic rings. The van der Waals surface area contributed by atoms with Gasteiger partial charge in [0.2, 0.25) is 0 Å². The summed E-state index contributed by atoms with van der Waals surface area (Å²) in [6.07, 6.45) is 32.2. The molecule has 0 N–H and O–H groups in total. The molecule has 0 radical (unpaired) electrons. The topological polar surface area (TPSA) is 44.0 Å². The Balaban J connectivity index is 0.000000120. The lowest BCUT2D eigenvalue weighted by Gasteiger charge is -2.33. The monoisotopic (exact) mass is 1790 g/mol. The van der Waals surface area contributed by atoms with Crippen LogP contribution in [-0.2, 0) is 37.9 Å². The molecule has 0 amide bonds. The fourth-order valence-corrected chi connectivity index (χ4v) is 23.7. The third-order valence-electron chi connectivity index (χ3n) is 29.4. The molecular weight excluding hydrogens is 1640 g/mol. The summed E-state index contributed by atoms with van der Waals surface area (Å²) >= 11 is 0. The number of benzene rings is 9. The van der Waals surface area contributed by atoms with Crippen molar-refractivity contribution in [1.29, 1.82) is 0 Å². The maximum atomic E-state index is 9.41. The molecule has 9 aromatic carbocycles. The van der Waals surface area contributed by atoms with Gasteiger partial charge >= 0.3 is 0 Å². The number of rotatable bonds is 11. The molecule has 5 aromatic heterocycles. The molecule has 4 unspecified atom stereocenters. The number of imidazole rings is 5.